The summed E-state index contributed by atoms with van der Waals surface area (Å²) in [5.41, 5.74) is 5.36. The molecule has 1 aliphatic heterocycles. The molecule has 12 heavy (non-hydrogen) atoms. The third-order valence-electron chi connectivity index (χ3n) is 2.15. The van der Waals surface area contributed by atoms with Crippen LogP contribution in [0.1, 0.15) is 18.6 Å². The molecule has 2 rings (SSSR count). The molecular formula is C8H13N3O. The van der Waals surface area contributed by atoms with Crippen molar-refractivity contribution in [3.8, 4) is 0 Å². The Morgan fingerprint density at radius 2 is 2.25 bits per heavy atom. The molecule has 4 nitrogen and oxygen atoms in total. The molecular weight excluding hydrogens is 154 g/mol. The fraction of sp³-hybridized carbons (Fsp3) is 0.625. The van der Waals surface area contributed by atoms with Crippen LogP contribution in [0.15, 0.2) is 10.6 Å². The lowest BCUT2D eigenvalue weighted by molar-refractivity contribution is 0.300. The number of aromatic nitrogens is 1. The summed E-state index contributed by atoms with van der Waals surface area (Å²) in [6, 6.07) is 0.268. The highest BCUT2D eigenvalue weighted by Crippen LogP contribution is 2.13. The summed E-state index contributed by atoms with van der Waals surface area (Å²) < 4.78 is 5.17. The van der Waals surface area contributed by atoms with Gasteiger partial charge in [-0.15, -0.1) is 0 Å². The fourth-order valence-corrected chi connectivity index (χ4v) is 1.56. The molecule has 1 saturated heterocycles. The van der Waals surface area contributed by atoms with Crippen LogP contribution in [0.2, 0.25) is 0 Å². The molecule has 4 heteroatoms. The molecule has 0 aliphatic carbocycles. The van der Waals surface area contributed by atoms with Crippen molar-refractivity contribution in [3.05, 3.63) is 12.0 Å². The number of rotatable bonds is 2. The van der Waals surface area contributed by atoms with Crippen molar-refractivity contribution in [1.29, 1.82) is 0 Å². The first kappa shape index (κ1) is 7.61. The average molecular weight is 167 g/mol. The zero-order valence-corrected chi connectivity index (χ0v) is 6.99. The Bertz CT molecular complexity index is 253. The lowest BCUT2D eigenvalue weighted by Crippen LogP contribution is -2.17. The van der Waals surface area contributed by atoms with Crippen molar-refractivity contribution in [2.75, 3.05) is 18.8 Å². The molecule has 2 heterocycles. The van der Waals surface area contributed by atoms with Gasteiger partial charge in [0, 0.05) is 0 Å². The summed E-state index contributed by atoms with van der Waals surface area (Å²) in [6.45, 7) is 3.19. The molecule has 0 aromatic carbocycles. The van der Waals surface area contributed by atoms with Crippen LogP contribution in [0, 0.1) is 0 Å². The monoisotopic (exact) mass is 167 g/mol. The first-order chi connectivity index (χ1) is 5.84. The number of nitrogens with two attached hydrogens (primary N) is 1. The van der Waals surface area contributed by atoms with Crippen LogP contribution in [0.25, 0.3) is 0 Å². The van der Waals surface area contributed by atoms with E-state index in [2.05, 4.69) is 9.88 Å². The van der Waals surface area contributed by atoms with Crippen LogP contribution in [-0.2, 0) is 6.54 Å². The summed E-state index contributed by atoms with van der Waals surface area (Å²) in [5, 5.41) is 0. The van der Waals surface area contributed by atoms with E-state index in [1.54, 1.807) is 6.20 Å². The first-order valence-electron chi connectivity index (χ1n) is 4.27. The van der Waals surface area contributed by atoms with E-state index in [1.165, 1.54) is 25.9 Å². The number of likely N-dealkylation sites (tertiary alicyclic amines) is 1. The molecule has 1 aromatic heterocycles. The minimum absolute atomic E-state index is 0.268. The topological polar surface area (TPSA) is 55.3 Å². The normalized spacial score (nSPS) is 18.7. The molecule has 0 spiro atoms. The zero-order chi connectivity index (χ0) is 8.39. The van der Waals surface area contributed by atoms with Crippen molar-refractivity contribution in [2.24, 2.45) is 0 Å². The standard InChI is InChI=1S/C8H13N3O/c9-8-10-5-7(12-8)6-11-3-1-2-4-11/h5H,1-4,6H2,(H2,9,10). The Hall–Kier alpha value is -1.03. The summed E-state index contributed by atoms with van der Waals surface area (Å²) in [6.07, 6.45) is 4.29. The van der Waals surface area contributed by atoms with Gasteiger partial charge in [0.15, 0.2) is 0 Å². The van der Waals surface area contributed by atoms with E-state index in [0.717, 1.165) is 12.3 Å². The molecule has 0 unspecified atom stereocenters. The Balaban J connectivity index is 1.94. The van der Waals surface area contributed by atoms with Gasteiger partial charge in [0.05, 0.1) is 12.7 Å². The summed E-state index contributed by atoms with van der Waals surface area (Å²) in [7, 11) is 0. The predicted octanol–water partition coefficient (Wildman–Crippen LogP) is 0.853. The second-order valence-corrected chi connectivity index (χ2v) is 3.15. The van der Waals surface area contributed by atoms with Gasteiger partial charge in [0.2, 0.25) is 0 Å². The van der Waals surface area contributed by atoms with Crippen molar-refractivity contribution in [3.63, 3.8) is 0 Å². The van der Waals surface area contributed by atoms with Gasteiger partial charge >= 0.3 is 0 Å². The smallest absolute Gasteiger partial charge is 0.292 e. The second-order valence-electron chi connectivity index (χ2n) is 3.15. The third-order valence-corrected chi connectivity index (χ3v) is 2.15. The Morgan fingerprint density at radius 1 is 1.50 bits per heavy atom. The maximum atomic E-state index is 5.36. The van der Waals surface area contributed by atoms with E-state index in [9.17, 15) is 0 Å². The first-order valence-corrected chi connectivity index (χ1v) is 4.27. The van der Waals surface area contributed by atoms with Gasteiger partial charge in [0.25, 0.3) is 6.01 Å². The van der Waals surface area contributed by atoms with Crippen LogP contribution in [0.3, 0.4) is 0 Å². The van der Waals surface area contributed by atoms with E-state index in [0.29, 0.717) is 0 Å². The van der Waals surface area contributed by atoms with Gasteiger partial charge in [0.1, 0.15) is 5.76 Å². The van der Waals surface area contributed by atoms with Crippen LogP contribution in [-0.4, -0.2) is 23.0 Å². The molecule has 1 fully saturated rings. The van der Waals surface area contributed by atoms with Crippen molar-refractivity contribution in [1.82, 2.24) is 9.88 Å². The molecule has 2 N–H and O–H groups in total. The minimum atomic E-state index is 0.268. The van der Waals surface area contributed by atoms with Gasteiger partial charge in [-0.25, -0.2) is 4.98 Å². The van der Waals surface area contributed by atoms with Gasteiger partial charge in [-0.05, 0) is 25.9 Å². The molecule has 0 saturated carbocycles. The quantitative estimate of drug-likeness (QED) is 0.709. The van der Waals surface area contributed by atoms with Crippen LogP contribution in [0.5, 0.6) is 0 Å². The number of hydrogen-bond acceptors (Lipinski definition) is 4. The predicted molar refractivity (Wildman–Crippen MR) is 45.4 cm³/mol. The van der Waals surface area contributed by atoms with Crippen molar-refractivity contribution in [2.45, 2.75) is 19.4 Å². The van der Waals surface area contributed by atoms with Crippen molar-refractivity contribution >= 4 is 6.01 Å². The highest BCUT2D eigenvalue weighted by atomic mass is 16.4. The Labute approximate surface area is 71.4 Å². The second kappa shape index (κ2) is 3.15. The van der Waals surface area contributed by atoms with Gasteiger partial charge in [-0.1, -0.05) is 0 Å². The van der Waals surface area contributed by atoms with E-state index < -0.39 is 0 Å². The van der Waals surface area contributed by atoms with E-state index in [4.69, 9.17) is 10.2 Å². The molecule has 1 aliphatic rings. The van der Waals surface area contributed by atoms with Gasteiger partial charge in [-0.3, -0.25) is 4.90 Å². The Morgan fingerprint density at radius 3 is 2.83 bits per heavy atom. The minimum Gasteiger partial charge on any atom is -0.428 e. The van der Waals surface area contributed by atoms with E-state index in [-0.39, 0.29) is 6.01 Å². The number of anilines is 1. The maximum absolute atomic E-state index is 5.36. The largest absolute Gasteiger partial charge is 0.428 e. The lowest BCUT2D eigenvalue weighted by atomic mass is 10.4. The molecule has 0 atom stereocenters. The average Bonchev–Trinajstić information content (AvgIpc) is 2.63. The fourth-order valence-electron chi connectivity index (χ4n) is 1.56. The number of nitrogens with zero attached hydrogens (tertiary/aromatic N) is 2. The molecule has 0 radical (unpaired) electrons. The summed E-state index contributed by atoms with van der Waals surface area (Å²) >= 11 is 0. The maximum Gasteiger partial charge on any atom is 0.292 e. The highest BCUT2D eigenvalue weighted by molar-refractivity contribution is 5.10. The van der Waals surface area contributed by atoms with Crippen LogP contribution < -0.4 is 5.73 Å². The number of hydrogen-bond donors (Lipinski definition) is 1. The summed E-state index contributed by atoms with van der Waals surface area (Å²) in [5.74, 6) is 0.870. The number of nitrogen functional groups attached to an aromatic ring is 1. The van der Waals surface area contributed by atoms with Crippen LogP contribution in [0.4, 0.5) is 6.01 Å². The van der Waals surface area contributed by atoms with E-state index in [1.807, 2.05) is 0 Å². The number of oxazole rings is 1. The molecule has 0 amide bonds. The molecule has 66 valence electrons. The van der Waals surface area contributed by atoms with Gasteiger partial charge in [-0.2, -0.15) is 0 Å². The Kier molecular flexibility index (Phi) is 1.99. The van der Waals surface area contributed by atoms with Crippen molar-refractivity contribution < 1.29 is 4.42 Å². The third kappa shape index (κ3) is 1.58. The lowest BCUT2D eigenvalue weighted by Gasteiger charge is -2.10. The summed E-state index contributed by atoms with van der Waals surface area (Å²) in [4.78, 5) is 6.19. The van der Waals surface area contributed by atoms with Crippen LogP contribution >= 0.6 is 0 Å². The van der Waals surface area contributed by atoms with Gasteiger partial charge < -0.3 is 10.2 Å². The zero-order valence-electron chi connectivity index (χ0n) is 6.99. The molecule has 0 bridgehead atoms. The SMILES string of the molecule is Nc1ncc(CN2CCCC2)o1. The highest BCUT2D eigenvalue weighted by Gasteiger charge is 2.13. The molecule has 1 aromatic rings. The van der Waals surface area contributed by atoms with E-state index >= 15 is 0 Å².